The van der Waals surface area contributed by atoms with Crippen molar-refractivity contribution in [1.29, 1.82) is 0 Å². The van der Waals surface area contributed by atoms with Crippen LogP contribution in [0.3, 0.4) is 0 Å². The van der Waals surface area contributed by atoms with E-state index < -0.39 is 6.17 Å². The van der Waals surface area contributed by atoms with Crippen molar-refractivity contribution in [3.05, 3.63) is 0 Å². The standard InChI is InChI=1S/C8H14ClFO/c1-2-3-4-5-8(11)7(10)6-9/h7H,2-6H2,1H3. The molecular formula is C8H14ClFO. The molecule has 0 saturated carbocycles. The summed E-state index contributed by atoms with van der Waals surface area (Å²) >= 11 is 5.16. The van der Waals surface area contributed by atoms with Gasteiger partial charge in [0, 0.05) is 6.42 Å². The zero-order valence-corrected chi connectivity index (χ0v) is 7.53. The van der Waals surface area contributed by atoms with E-state index >= 15 is 0 Å². The summed E-state index contributed by atoms with van der Waals surface area (Å²) in [7, 11) is 0. The Balaban J connectivity index is 3.36. The summed E-state index contributed by atoms with van der Waals surface area (Å²) in [6.45, 7) is 2.04. The first-order chi connectivity index (χ1) is 5.22. The van der Waals surface area contributed by atoms with Gasteiger partial charge in [0.25, 0.3) is 0 Å². The third-order valence-electron chi connectivity index (χ3n) is 1.51. The fraction of sp³-hybridized carbons (Fsp3) is 0.875. The van der Waals surface area contributed by atoms with Crippen LogP contribution in [0.5, 0.6) is 0 Å². The Bertz CT molecular complexity index is 117. The van der Waals surface area contributed by atoms with Gasteiger partial charge in [-0.3, -0.25) is 4.79 Å². The van der Waals surface area contributed by atoms with Crippen LogP contribution in [0.15, 0.2) is 0 Å². The lowest BCUT2D eigenvalue weighted by molar-refractivity contribution is -0.123. The van der Waals surface area contributed by atoms with Crippen LogP contribution in [0.25, 0.3) is 0 Å². The molecule has 0 N–H and O–H groups in total. The van der Waals surface area contributed by atoms with Gasteiger partial charge in [0.1, 0.15) is 0 Å². The van der Waals surface area contributed by atoms with Crippen LogP contribution in [0.1, 0.15) is 32.6 Å². The quantitative estimate of drug-likeness (QED) is 0.454. The Kier molecular flexibility index (Phi) is 6.52. The largest absolute Gasteiger partial charge is 0.296 e. The molecular weight excluding hydrogens is 167 g/mol. The van der Waals surface area contributed by atoms with Crippen LogP contribution in [0.2, 0.25) is 0 Å². The number of hydrogen-bond acceptors (Lipinski definition) is 1. The van der Waals surface area contributed by atoms with Crippen LogP contribution in [-0.2, 0) is 4.79 Å². The summed E-state index contributed by atoms with van der Waals surface area (Å²) in [6.07, 6.45) is 1.70. The fourth-order valence-electron chi connectivity index (χ4n) is 0.792. The number of halogens is 2. The summed E-state index contributed by atoms with van der Waals surface area (Å²) in [5.41, 5.74) is 0. The van der Waals surface area contributed by atoms with Gasteiger partial charge in [0.2, 0.25) is 0 Å². The average Bonchev–Trinajstić information content (AvgIpc) is 2.03. The predicted octanol–water partition coefficient (Wildman–Crippen LogP) is 2.71. The Morgan fingerprint density at radius 2 is 2.18 bits per heavy atom. The number of rotatable bonds is 6. The molecule has 0 aromatic heterocycles. The number of carbonyl (C=O) groups is 1. The summed E-state index contributed by atoms with van der Waals surface area (Å²) in [4.78, 5) is 10.8. The first-order valence-electron chi connectivity index (χ1n) is 3.95. The minimum atomic E-state index is -1.45. The molecule has 0 spiro atoms. The van der Waals surface area contributed by atoms with Gasteiger partial charge >= 0.3 is 0 Å². The predicted molar refractivity (Wildman–Crippen MR) is 44.8 cm³/mol. The van der Waals surface area contributed by atoms with Crippen molar-refractivity contribution in [2.24, 2.45) is 0 Å². The number of alkyl halides is 2. The summed E-state index contributed by atoms with van der Waals surface area (Å²) in [5, 5.41) is 0. The minimum Gasteiger partial charge on any atom is -0.296 e. The van der Waals surface area contributed by atoms with E-state index in [2.05, 4.69) is 0 Å². The molecule has 0 fully saturated rings. The van der Waals surface area contributed by atoms with Crippen LogP contribution in [0, 0.1) is 0 Å². The lowest BCUT2D eigenvalue weighted by atomic mass is 10.1. The van der Waals surface area contributed by atoms with Crippen LogP contribution in [0.4, 0.5) is 4.39 Å². The molecule has 1 unspecified atom stereocenters. The minimum absolute atomic E-state index is 0.203. The monoisotopic (exact) mass is 180 g/mol. The number of hydrogen-bond donors (Lipinski definition) is 0. The maximum atomic E-state index is 12.5. The maximum absolute atomic E-state index is 12.5. The van der Waals surface area contributed by atoms with Crippen molar-refractivity contribution >= 4 is 17.4 Å². The highest BCUT2D eigenvalue weighted by Crippen LogP contribution is 2.05. The van der Waals surface area contributed by atoms with Crippen molar-refractivity contribution < 1.29 is 9.18 Å². The van der Waals surface area contributed by atoms with Gasteiger partial charge in [0.15, 0.2) is 12.0 Å². The van der Waals surface area contributed by atoms with E-state index in [-0.39, 0.29) is 11.7 Å². The first-order valence-corrected chi connectivity index (χ1v) is 4.48. The van der Waals surface area contributed by atoms with Crippen molar-refractivity contribution in [2.75, 3.05) is 5.88 Å². The topological polar surface area (TPSA) is 17.1 Å². The third-order valence-corrected chi connectivity index (χ3v) is 1.78. The fourth-order valence-corrected chi connectivity index (χ4v) is 0.964. The highest BCUT2D eigenvalue weighted by Gasteiger charge is 2.14. The Labute approximate surface area is 71.9 Å². The van der Waals surface area contributed by atoms with Gasteiger partial charge in [-0.25, -0.2) is 4.39 Å². The zero-order chi connectivity index (χ0) is 8.69. The molecule has 11 heavy (non-hydrogen) atoms. The van der Waals surface area contributed by atoms with Crippen molar-refractivity contribution in [2.45, 2.75) is 38.8 Å². The Hall–Kier alpha value is -0.110. The molecule has 1 nitrogen and oxygen atoms in total. The molecule has 0 aliphatic rings. The normalized spacial score (nSPS) is 13.0. The van der Waals surface area contributed by atoms with Gasteiger partial charge in [-0.1, -0.05) is 19.8 Å². The number of Topliss-reactive ketones (excluding diaryl/α,β-unsaturated/α-hetero) is 1. The van der Waals surface area contributed by atoms with E-state index in [4.69, 9.17) is 11.6 Å². The van der Waals surface area contributed by atoms with Crippen molar-refractivity contribution in [1.82, 2.24) is 0 Å². The molecule has 0 aromatic rings. The van der Waals surface area contributed by atoms with Crippen LogP contribution in [-0.4, -0.2) is 17.8 Å². The molecule has 3 heteroatoms. The lowest BCUT2D eigenvalue weighted by Gasteiger charge is -2.01. The summed E-state index contributed by atoms with van der Waals surface area (Å²) < 4.78 is 12.5. The highest BCUT2D eigenvalue weighted by molar-refractivity contribution is 6.19. The van der Waals surface area contributed by atoms with Crippen molar-refractivity contribution in [3.8, 4) is 0 Å². The SMILES string of the molecule is CCCCCC(=O)C(F)CCl. The van der Waals surface area contributed by atoms with E-state index in [0.29, 0.717) is 6.42 Å². The smallest absolute Gasteiger partial charge is 0.171 e. The molecule has 0 bridgehead atoms. The number of ketones is 1. The summed E-state index contributed by atoms with van der Waals surface area (Å²) in [6, 6.07) is 0. The Morgan fingerprint density at radius 1 is 1.55 bits per heavy atom. The summed E-state index contributed by atoms with van der Waals surface area (Å²) in [5.74, 6) is -0.557. The van der Waals surface area contributed by atoms with Crippen molar-refractivity contribution in [3.63, 3.8) is 0 Å². The van der Waals surface area contributed by atoms with Gasteiger partial charge in [0.05, 0.1) is 5.88 Å². The van der Waals surface area contributed by atoms with Crippen LogP contribution < -0.4 is 0 Å². The highest BCUT2D eigenvalue weighted by atomic mass is 35.5. The molecule has 0 heterocycles. The second kappa shape index (κ2) is 6.59. The lowest BCUT2D eigenvalue weighted by Crippen LogP contribution is -2.16. The van der Waals surface area contributed by atoms with E-state index in [1.54, 1.807) is 0 Å². The van der Waals surface area contributed by atoms with Gasteiger partial charge in [-0.05, 0) is 6.42 Å². The Morgan fingerprint density at radius 3 is 2.64 bits per heavy atom. The second-order valence-corrected chi connectivity index (χ2v) is 2.85. The molecule has 0 saturated heterocycles. The van der Waals surface area contributed by atoms with Gasteiger partial charge < -0.3 is 0 Å². The molecule has 66 valence electrons. The molecule has 0 rings (SSSR count). The molecule has 1 atom stereocenters. The first kappa shape index (κ1) is 10.9. The second-order valence-electron chi connectivity index (χ2n) is 2.55. The van der Waals surface area contributed by atoms with E-state index in [1.165, 1.54) is 0 Å². The molecule has 0 aromatic carbocycles. The molecule has 0 amide bonds. The van der Waals surface area contributed by atoms with Gasteiger partial charge in [-0.2, -0.15) is 0 Å². The van der Waals surface area contributed by atoms with Gasteiger partial charge in [-0.15, -0.1) is 11.6 Å². The maximum Gasteiger partial charge on any atom is 0.171 e. The van der Waals surface area contributed by atoms with E-state index in [1.807, 2.05) is 6.92 Å². The third kappa shape index (κ3) is 5.19. The van der Waals surface area contributed by atoms with E-state index in [9.17, 15) is 9.18 Å². The number of carbonyl (C=O) groups excluding carboxylic acids is 1. The van der Waals surface area contributed by atoms with E-state index in [0.717, 1.165) is 19.3 Å². The molecule has 0 aliphatic heterocycles. The van der Waals surface area contributed by atoms with Crippen LogP contribution >= 0.6 is 11.6 Å². The molecule has 0 aliphatic carbocycles. The average molecular weight is 181 g/mol. The number of unbranched alkanes of at least 4 members (excludes halogenated alkanes) is 2. The zero-order valence-electron chi connectivity index (χ0n) is 6.78. The molecule has 0 radical (unpaired) electrons.